The molecule has 184 valence electrons. The molecular formula is C22H21F3N6O4. The molecule has 1 saturated carbocycles. The van der Waals surface area contributed by atoms with Crippen molar-refractivity contribution < 1.29 is 32.6 Å². The number of esters is 1. The summed E-state index contributed by atoms with van der Waals surface area (Å²) in [6.07, 6.45) is -3.50. The first-order valence-corrected chi connectivity index (χ1v) is 10.9. The maximum atomic E-state index is 13.7. The average molecular weight is 490 g/mol. The van der Waals surface area contributed by atoms with E-state index in [0.717, 1.165) is 12.8 Å². The van der Waals surface area contributed by atoms with Crippen molar-refractivity contribution in [3.05, 3.63) is 53.1 Å². The molecule has 1 aromatic carbocycles. The molecule has 2 aromatic heterocycles. The zero-order valence-corrected chi connectivity index (χ0v) is 18.4. The second-order valence-corrected chi connectivity index (χ2v) is 8.69. The lowest BCUT2D eigenvalue weighted by Gasteiger charge is -2.33. The molecule has 0 bridgehead atoms. The smallest absolute Gasteiger partial charge is 0.430 e. The van der Waals surface area contributed by atoms with Crippen LogP contribution in [0.3, 0.4) is 0 Å². The van der Waals surface area contributed by atoms with Gasteiger partial charge in [0.15, 0.2) is 11.5 Å². The van der Waals surface area contributed by atoms with Crippen LogP contribution in [0.2, 0.25) is 0 Å². The molecule has 3 aromatic rings. The number of hydrogen-bond acceptors (Lipinski definition) is 8. The van der Waals surface area contributed by atoms with Gasteiger partial charge in [-0.05, 0) is 31.2 Å². The topological polar surface area (TPSA) is 136 Å². The van der Waals surface area contributed by atoms with E-state index in [2.05, 4.69) is 15.1 Å². The summed E-state index contributed by atoms with van der Waals surface area (Å²) in [6.45, 7) is 1.45. The minimum atomic E-state index is -5.25. The number of nitrogens with two attached hydrogens (primary N) is 1. The summed E-state index contributed by atoms with van der Waals surface area (Å²) in [6, 6.07) is 3.82. The highest BCUT2D eigenvalue weighted by atomic mass is 19.4. The maximum absolute atomic E-state index is 13.7. The van der Waals surface area contributed by atoms with Crippen molar-refractivity contribution in [1.82, 2.24) is 24.5 Å². The van der Waals surface area contributed by atoms with Crippen LogP contribution >= 0.6 is 0 Å². The standard InChI is InChI=1S/C22H21F3N6O4/c1-10(32)13-3-2-4-14-16(13)19(33)30(20(14)35-21(34)22(23,24)25)15(11-5-6-11)7-12-8-27-18-17(26)28-9-29-31(12)18/h2-4,8-11,15,20,32H,5-7H2,1H3,(H2,26,28,29)/t10?,15-,20?/m0/s1. The van der Waals surface area contributed by atoms with Gasteiger partial charge in [0.1, 0.15) is 6.33 Å². The minimum Gasteiger partial charge on any atom is -0.430 e. The van der Waals surface area contributed by atoms with Crippen LogP contribution in [0.4, 0.5) is 19.0 Å². The number of rotatable bonds is 6. The molecule has 10 nitrogen and oxygen atoms in total. The van der Waals surface area contributed by atoms with Crippen molar-refractivity contribution in [3.8, 4) is 0 Å². The number of carbonyl (C=O) groups is 2. The Morgan fingerprint density at radius 3 is 2.71 bits per heavy atom. The molecule has 3 atom stereocenters. The molecule has 2 aliphatic rings. The van der Waals surface area contributed by atoms with Crippen molar-refractivity contribution in [2.45, 2.75) is 50.7 Å². The maximum Gasteiger partial charge on any atom is 0.491 e. The van der Waals surface area contributed by atoms with Crippen LogP contribution in [-0.4, -0.2) is 53.7 Å². The molecule has 1 amide bonds. The Balaban J connectivity index is 1.58. The van der Waals surface area contributed by atoms with Crippen molar-refractivity contribution in [2.75, 3.05) is 5.73 Å². The van der Waals surface area contributed by atoms with Gasteiger partial charge >= 0.3 is 12.1 Å². The van der Waals surface area contributed by atoms with Gasteiger partial charge in [-0.25, -0.2) is 19.3 Å². The van der Waals surface area contributed by atoms with Gasteiger partial charge in [0.25, 0.3) is 5.91 Å². The van der Waals surface area contributed by atoms with E-state index in [1.54, 1.807) is 0 Å². The molecule has 35 heavy (non-hydrogen) atoms. The van der Waals surface area contributed by atoms with E-state index in [0.29, 0.717) is 11.3 Å². The number of benzene rings is 1. The minimum absolute atomic E-state index is 0.0397. The average Bonchev–Trinajstić information content (AvgIpc) is 3.50. The third kappa shape index (κ3) is 3.95. The number of ether oxygens (including phenoxy) is 1. The van der Waals surface area contributed by atoms with Crippen LogP contribution < -0.4 is 5.73 Å². The first kappa shape index (κ1) is 23.0. The lowest BCUT2D eigenvalue weighted by atomic mass is 9.99. The van der Waals surface area contributed by atoms with Crippen LogP contribution in [0.25, 0.3) is 5.65 Å². The largest absolute Gasteiger partial charge is 0.491 e. The van der Waals surface area contributed by atoms with E-state index in [1.165, 1.54) is 47.1 Å². The zero-order valence-electron chi connectivity index (χ0n) is 18.4. The number of aliphatic hydroxyl groups is 1. The number of nitrogens with zero attached hydrogens (tertiary/aromatic N) is 5. The normalized spacial score (nSPS) is 19.6. The fraction of sp³-hybridized carbons (Fsp3) is 0.409. The Labute approximate surface area is 196 Å². The van der Waals surface area contributed by atoms with Crippen LogP contribution in [-0.2, 0) is 16.0 Å². The zero-order chi connectivity index (χ0) is 25.1. The number of aromatic nitrogens is 4. The third-order valence-corrected chi connectivity index (χ3v) is 6.34. The monoisotopic (exact) mass is 490 g/mol. The molecule has 1 fully saturated rings. The summed E-state index contributed by atoms with van der Waals surface area (Å²) in [5, 5.41) is 14.4. The Kier molecular flexibility index (Phi) is 5.38. The highest BCUT2D eigenvalue weighted by molar-refractivity contribution is 6.01. The number of aliphatic hydroxyl groups excluding tert-OH is 1. The molecular weight excluding hydrogens is 469 g/mol. The number of carbonyl (C=O) groups excluding carboxylic acids is 2. The number of fused-ring (bicyclic) bond motifs is 2. The molecule has 1 aliphatic heterocycles. The van der Waals surface area contributed by atoms with Crippen LogP contribution in [0.15, 0.2) is 30.7 Å². The van der Waals surface area contributed by atoms with Crippen molar-refractivity contribution >= 4 is 23.3 Å². The van der Waals surface area contributed by atoms with Crippen molar-refractivity contribution in [3.63, 3.8) is 0 Å². The predicted octanol–water partition coefficient (Wildman–Crippen LogP) is 2.34. The SMILES string of the molecule is CC(O)c1cccc2c1C(=O)N([C@@H](Cc1cnc3c(N)ncnn13)C1CC1)C2OC(=O)C(F)(F)F. The Morgan fingerprint density at radius 1 is 1.31 bits per heavy atom. The molecule has 5 rings (SSSR count). The highest BCUT2D eigenvalue weighted by Gasteiger charge is 2.51. The van der Waals surface area contributed by atoms with E-state index in [1.807, 2.05) is 0 Å². The van der Waals surface area contributed by atoms with E-state index < -0.39 is 36.4 Å². The Hall–Kier alpha value is -3.74. The molecule has 3 heterocycles. The van der Waals surface area contributed by atoms with Crippen molar-refractivity contribution in [2.24, 2.45) is 5.92 Å². The van der Waals surface area contributed by atoms with Gasteiger partial charge in [0, 0.05) is 18.0 Å². The lowest BCUT2D eigenvalue weighted by Crippen LogP contribution is -2.44. The van der Waals surface area contributed by atoms with Gasteiger partial charge in [-0.1, -0.05) is 18.2 Å². The number of anilines is 1. The summed E-state index contributed by atoms with van der Waals surface area (Å²) in [5.41, 5.74) is 7.10. The van der Waals surface area contributed by atoms with Gasteiger partial charge in [0.05, 0.1) is 23.6 Å². The summed E-state index contributed by atoms with van der Waals surface area (Å²) in [4.78, 5) is 34.8. The fourth-order valence-electron chi connectivity index (χ4n) is 4.60. The summed E-state index contributed by atoms with van der Waals surface area (Å²) in [5.74, 6) is -2.91. The fourth-order valence-corrected chi connectivity index (χ4v) is 4.60. The van der Waals surface area contributed by atoms with Crippen LogP contribution in [0.1, 0.15) is 59.3 Å². The Bertz CT molecular complexity index is 1320. The molecule has 0 saturated heterocycles. The predicted molar refractivity (Wildman–Crippen MR) is 114 cm³/mol. The van der Waals surface area contributed by atoms with E-state index >= 15 is 0 Å². The quantitative estimate of drug-likeness (QED) is 0.503. The molecule has 1 aliphatic carbocycles. The molecule has 0 spiro atoms. The Morgan fingerprint density at radius 2 is 2.06 bits per heavy atom. The van der Waals surface area contributed by atoms with Crippen molar-refractivity contribution in [1.29, 1.82) is 0 Å². The van der Waals surface area contributed by atoms with Crippen LogP contribution in [0.5, 0.6) is 0 Å². The lowest BCUT2D eigenvalue weighted by molar-refractivity contribution is -0.212. The number of hydrogen-bond donors (Lipinski definition) is 2. The molecule has 3 N–H and O–H groups in total. The van der Waals surface area contributed by atoms with Gasteiger partial charge in [-0.2, -0.15) is 18.3 Å². The second-order valence-electron chi connectivity index (χ2n) is 8.69. The highest BCUT2D eigenvalue weighted by Crippen LogP contribution is 2.46. The van der Waals surface area contributed by atoms with Gasteiger partial charge in [-0.3, -0.25) is 9.69 Å². The molecule has 0 radical (unpaired) electrons. The number of halogens is 3. The van der Waals surface area contributed by atoms with Crippen LogP contribution in [0, 0.1) is 5.92 Å². The first-order chi connectivity index (χ1) is 16.6. The number of imidazole rings is 1. The second kappa shape index (κ2) is 8.18. The third-order valence-electron chi connectivity index (χ3n) is 6.34. The number of nitrogen functional groups attached to an aromatic ring is 1. The van der Waals surface area contributed by atoms with Gasteiger partial charge in [0.2, 0.25) is 6.23 Å². The summed E-state index contributed by atoms with van der Waals surface area (Å²) in [7, 11) is 0. The molecule has 2 unspecified atom stereocenters. The van der Waals surface area contributed by atoms with E-state index in [4.69, 9.17) is 10.5 Å². The van der Waals surface area contributed by atoms with Gasteiger partial charge in [-0.15, -0.1) is 0 Å². The molecule has 13 heteroatoms. The summed E-state index contributed by atoms with van der Waals surface area (Å²) >= 11 is 0. The number of amides is 1. The first-order valence-electron chi connectivity index (χ1n) is 10.9. The number of alkyl halides is 3. The van der Waals surface area contributed by atoms with E-state index in [9.17, 15) is 27.9 Å². The summed E-state index contributed by atoms with van der Waals surface area (Å²) < 4.78 is 45.8. The van der Waals surface area contributed by atoms with E-state index in [-0.39, 0.29) is 34.8 Å². The van der Waals surface area contributed by atoms with Gasteiger partial charge < -0.3 is 15.6 Å².